The first-order valence-corrected chi connectivity index (χ1v) is 10.2. The summed E-state index contributed by atoms with van der Waals surface area (Å²) in [6.07, 6.45) is 5.93. The van der Waals surface area contributed by atoms with E-state index in [-0.39, 0.29) is 15.0 Å². The van der Waals surface area contributed by atoms with Crippen LogP contribution < -0.4 is 18.6 Å². The second kappa shape index (κ2) is 5.87. The van der Waals surface area contributed by atoms with Gasteiger partial charge in [0, 0.05) is 0 Å². The summed E-state index contributed by atoms with van der Waals surface area (Å²) >= 11 is 0.212. The molecule has 0 spiro atoms. The number of para-hydroxylation sites is 1. The molecule has 2 aromatic heterocycles. The van der Waals surface area contributed by atoms with Crippen LogP contribution in [0.15, 0.2) is 48.8 Å². The molecule has 0 atom stereocenters. The van der Waals surface area contributed by atoms with Crippen LogP contribution in [0.25, 0.3) is 0 Å². The van der Waals surface area contributed by atoms with E-state index in [4.69, 9.17) is 14.7 Å². The van der Waals surface area contributed by atoms with Crippen LogP contribution in [0, 0.1) is 6.92 Å². The fourth-order valence-electron chi connectivity index (χ4n) is 3.40. The molecule has 3 aromatic rings. The van der Waals surface area contributed by atoms with Crippen LogP contribution in [0.2, 0.25) is 0 Å². The Morgan fingerprint density at radius 1 is 1.08 bits per heavy atom. The summed E-state index contributed by atoms with van der Waals surface area (Å²) in [6.45, 7) is 2.87. The normalized spacial score (nSPS) is 15.0. The van der Waals surface area contributed by atoms with Crippen LogP contribution in [0.1, 0.15) is 17.5 Å². The van der Waals surface area contributed by atoms with Gasteiger partial charge < -0.3 is 0 Å². The molecular weight excluding hydrogens is 377 g/mol. The number of hydrogen-bond acceptors (Lipinski definition) is 4. The van der Waals surface area contributed by atoms with E-state index in [1.54, 1.807) is 0 Å². The summed E-state index contributed by atoms with van der Waals surface area (Å²) in [5.41, 5.74) is 3.51. The average molecular weight is 394 g/mol. The number of aromatic nitrogens is 2. The quantitative estimate of drug-likeness (QED) is 0.465. The van der Waals surface area contributed by atoms with Crippen LogP contribution in [0.5, 0.6) is 5.75 Å². The summed E-state index contributed by atoms with van der Waals surface area (Å²) < 4.78 is 8.64. The Labute approximate surface area is 153 Å². The molecule has 4 heterocycles. The van der Waals surface area contributed by atoms with Crippen molar-refractivity contribution in [2.75, 3.05) is 11.5 Å². The number of pyridine rings is 2. The second-order valence-corrected chi connectivity index (χ2v) is 8.59. The predicted octanol–water partition coefficient (Wildman–Crippen LogP) is 2.55. The van der Waals surface area contributed by atoms with Crippen molar-refractivity contribution in [2.45, 2.75) is 19.8 Å². The second-order valence-electron chi connectivity index (χ2n) is 6.31. The molecular formula is C20H17N3OSe. The zero-order chi connectivity index (χ0) is 16.8. The fraction of sp³-hybridized carbons (Fsp3) is 0.200. The Hall–Kier alpha value is -2.36. The first-order valence-electron chi connectivity index (χ1n) is 8.45. The maximum atomic E-state index is 6.07. The molecule has 0 fully saturated rings. The van der Waals surface area contributed by atoms with Crippen molar-refractivity contribution >= 4 is 41.2 Å². The molecule has 5 heteroatoms. The number of aryl methyl sites for hydroxylation is 2. The number of benzene rings is 1. The number of nitrogens with zero attached hydrogens (tertiary/aromatic N) is 3. The molecule has 5 rings (SSSR count). The van der Waals surface area contributed by atoms with E-state index in [2.05, 4.69) is 42.2 Å². The first-order chi connectivity index (χ1) is 12.3. The third kappa shape index (κ3) is 2.43. The van der Waals surface area contributed by atoms with Crippen LogP contribution in [-0.4, -0.2) is 31.5 Å². The van der Waals surface area contributed by atoms with Crippen molar-refractivity contribution < 1.29 is 4.74 Å². The number of hydrogen-bond donors (Lipinski definition) is 0. The monoisotopic (exact) mass is 395 g/mol. The molecule has 2 aliphatic heterocycles. The molecule has 0 bridgehead atoms. The van der Waals surface area contributed by atoms with Crippen molar-refractivity contribution in [3.05, 3.63) is 59.9 Å². The predicted molar refractivity (Wildman–Crippen MR) is 100 cm³/mol. The maximum absolute atomic E-state index is 6.07. The van der Waals surface area contributed by atoms with Crippen molar-refractivity contribution in [2.24, 2.45) is 0 Å². The Morgan fingerprint density at radius 3 is 2.96 bits per heavy atom. The van der Waals surface area contributed by atoms with Gasteiger partial charge in [-0.15, -0.1) is 0 Å². The molecule has 25 heavy (non-hydrogen) atoms. The van der Waals surface area contributed by atoms with Gasteiger partial charge in [0.15, 0.2) is 0 Å². The topological polar surface area (TPSA) is 38.2 Å². The van der Waals surface area contributed by atoms with Crippen LogP contribution in [0.3, 0.4) is 0 Å². The Morgan fingerprint density at radius 2 is 2.00 bits per heavy atom. The number of rotatable bonds is 1. The van der Waals surface area contributed by atoms with Gasteiger partial charge >= 0.3 is 153 Å². The van der Waals surface area contributed by atoms with Gasteiger partial charge in [-0.25, -0.2) is 0 Å². The zero-order valence-corrected chi connectivity index (χ0v) is 15.6. The Kier molecular flexibility index (Phi) is 3.51. The van der Waals surface area contributed by atoms with Crippen LogP contribution >= 0.6 is 0 Å². The standard InChI is InChI=1S/C20H17N3OSe/c1-13-11-17-20(22-12-13)23(19-16(25-17)8-3-9-21-19)15-7-2-5-14-6-4-10-24-18(14)15/h2-3,5,7-9,11-12H,4,6,10H2,1H3. The summed E-state index contributed by atoms with van der Waals surface area (Å²) in [7, 11) is 0. The van der Waals surface area contributed by atoms with Gasteiger partial charge in [-0.3, -0.25) is 0 Å². The number of ether oxygens (including phenoxy) is 1. The van der Waals surface area contributed by atoms with E-state index in [9.17, 15) is 0 Å². The van der Waals surface area contributed by atoms with Gasteiger partial charge in [-0.2, -0.15) is 0 Å². The molecule has 0 unspecified atom stereocenters. The third-order valence-corrected chi connectivity index (χ3v) is 6.74. The van der Waals surface area contributed by atoms with E-state index in [0.29, 0.717) is 0 Å². The molecule has 2 aliphatic rings. The van der Waals surface area contributed by atoms with Crippen molar-refractivity contribution in [3.8, 4) is 5.75 Å². The fourth-order valence-corrected chi connectivity index (χ4v) is 5.71. The van der Waals surface area contributed by atoms with Gasteiger partial charge in [0.1, 0.15) is 0 Å². The van der Waals surface area contributed by atoms with Crippen LogP contribution in [-0.2, 0) is 6.42 Å². The molecule has 124 valence electrons. The Balaban J connectivity index is 1.77. The van der Waals surface area contributed by atoms with Gasteiger partial charge in [0.25, 0.3) is 0 Å². The van der Waals surface area contributed by atoms with Crippen molar-refractivity contribution in [1.82, 2.24) is 9.97 Å². The molecule has 0 radical (unpaired) electrons. The Bertz CT molecular complexity index is 973. The molecule has 0 saturated heterocycles. The summed E-state index contributed by atoms with van der Waals surface area (Å²) in [6, 6.07) is 12.8. The number of fused-ring (bicyclic) bond motifs is 3. The first kappa shape index (κ1) is 14.9. The van der Waals surface area contributed by atoms with Gasteiger partial charge in [0.05, 0.1) is 0 Å². The molecule has 0 amide bonds. The van der Waals surface area contributed by atoms with Gasteiger partial charge in [0.2, 0.25) is 0 Å². The molecule has 0 aliphatic carbocycles. The SMILES string of the molecule is Cc1cnc2c(c1)[Se]c1cccnc1N2c1cccc2c1OCCC2. The van der Waals surface area contributed by atoms with E-state index in [0.717, 1.165) is 42.5 Å². The molecule has 4 nitrogen and oxygen atoms in total. The van der Waals surface area contributed by atoms with Crippen molar-refractivity contribution in [3.63, 3.8) is 0 Å². The number of anilines is 3. The van der Waals surface area contributed by atoms with E-state index < -0.39 is 0 Å². The zero-order valence-electron chi connectivity index (χ0n) is 13.9. The molecule has 0 saturated carbocycles. The van der Waals surface area contributed by atoms with Crippen LogP contribution in [0.4, 0.5) is 17.3 Å². The third-order valence-electron chi connectivity index (χ3n) is 4.52. The molecule has 0 N–H and O–H groups in total. The van der Waals surface area contributed by atoms with E-state index in [1.807, 2.05) is 18.5 Å². The van der Waals surface area contributed by atoms with Gasteiger partial charge in [-0.1, -0.05) is 0 Å². The summed E-state index contributed by atoms with van der Waals surface area (Å²) in [4.78, 5) is 11.6. The average Bonchev–Trinajstić information content (AvgIpc) is 2.65. The van der Waals surface area contributed by atoms with Crippen molar-refractivity contribution in [1.29, 1.82) is 0 Å². The molecule has 1 aromatic carbocycles. The summed E-state index contributed by atoms with van der Waals surface area (Å²) in [5.74, 6) is 2.95. The minimum atomic E-state index is 0.212. The van der Waals surface area contributed by atoms with E-state index >= 15 is 0 Å². The minimum absolute atomic E-state index is 0.212. The van der Waals surface area contributed by atoms with Gasteiger partial charge in [-0.05, 0) is 0 Å². The summed E-state index contributed by atoms with van der Waals surface area (Å²) in [5, 5.41) is 0. The van der Waals surface area contributed by atoms with E-state index in [1.165, 1.54) is 20.1 Å².